The van der Waals surface area contributed by atoms with Crippen molar-refractivity contribution in [3.8, 4) is 0 Å². The highest BCUT2D eigenvalue weighted by Gasteiger charge is 2.23. The van der Waals surface area contributed by atoms with Crippen molar-refractivity contribution in [2.24, 2.45) is 5.92 Å². The van der Waals surface area contributed by atoms with Crippen LogP contribution in [0, 0.1) is 11.7 Å². The molecule has 0 N–H and O–H groups in total. The first kappa shape index (κ1) is 13.4. The van der Waals surface area contributed by atoms with E-state index in [1.165, 1.54) is 31.7 Å². The molecule has 1 saturated carbocycles. The van der Waals surface area contributed by atoms with Crippen LogP contribution < -0.4 is 0 Å². The number of rotatable bonds is 4. The lowest BCUT2D eigenvalue weighted by atomic mass is 9.98. The molecule has 0 heterocycles. The van der Waals surface area contributed by atoms with Crippen molar-refractivity contribution in [1.82, 2.24) is 0 Å². The lowest BCUT2D eigenvalue weighted by molar-refractivity contribution is 0.491. The second kappa shape index (κ2) is 6.19. The van der Waals surface area contributed by atoms with Gasteiger partial charge in [0.25, 0.3) is 0 Å². The fraction of sp³-hybridized carbons (Fsp3) is 0.571. The smallest absolute Gasteiger partial charge is 0.137 e. The van der Waals surface area contributed by atoms with Crippen molar-refractivity contribution in [3.05, 3.63) is 34.1 Å². The molecule has 1 aromatic carbocycles. The summed E-state index contributed by atoms with van der Waals surface area (Å²) >= 11 is 9.72. The second-order valence-corrected chi connectivity index (χ2v) is 6.17. The Morgan fingerprint density at radius 1 is 1.35 bits per heavy atom. The fourth-order valence-corrected chi connectivity index (χ4v) is 3.41. The molecule has 0 radical (unpaired) electrons. The van der Waals surface area contributed by atoms with Crippen molar-refractivity contribution in [3.63, 3.8) is 0 Å². The third-order valence-electron chi connectivity index (χ3n) is 3.63. The van der Waals surface area contributed by atoms with Gasteiger partial charge >= 0.3 is 0 Å². The number of halogens is 3. The van der Waals surface area contributed by atoms with Gasteiger partial charge in [-0.15, -0.1) is 11.6 Å². The van der Waals surface area contributed by atoms with E-state index in [4.69, 9.17) is 11.6 Å². The fourth-order valence-electron chi connectivity index (χ4n) is 2.59. The summed E-state index contributed by atoms with van der Waals surface area (Å²) in [6.45, 7) is 0. The zero-order valence-electron chi connectivity index (χ0n) is 9.76. The SMILES string of the molecule is Fc1cccc(CCC(Cl)C2CCCC2)c1Br. The van der Waals surface area contributed by atoms with Crippen LogP contribution in [0.15, 0.2) is 22.7 Å². The zero-order valence-corrected chi connectivity index (χ0v) is 12.1. The van der Waals surface area contributed by atoms with Crippen molar-refractivity contribution < 1.29 is 4.39 Å². The summed E-state index contributed by atoms with van der Waals surface area (Å²) in [7, 11) is 0. The molecule has 2 rings (SSSR count). The Hall–Kier alpha value is -0.0800. The van der Waals surface area contributed by atoms with Crippen LogP contribution in [0.25, 0.3) is 0 Å². The van der Waals surface area contributed by atoms with E-state index in [2.05, 4.69) is 15.9 Å². The molecular formula is C14H17BrClF. The lowest BCUT2D eigenvalue weighted by Crippen LogP contribution is -2.12. The highest BCUT2D eigenvalue weighted by Crippen LogP contribution is 2.33. The summed E-state index contributed by atoms with van der Waals surface area (Å²) in [6.07, 6.45) is 6.95. The van der Waals surface area contributed by atoms with Crippen molar-refractivity contribution in [2.75, 3.05) is 0 Å². The number of hydrogen-bond donors (Lipinski definition) is 0. The number of benzene rings is 1. The topological polar surface area (TPSA) is 0 Å². The summed E-state index contributed by atoms with van der Waals surface area (Å²) in [4.78, 5) is 0. The lowest BCUT2D eigenvalue weighted by Gasteiger charge is -2.16. The average Bonchev–Trinajstić information content (AvgIpc) is 2.84. The van der Waals surface area contributed by atoms with Gasteiger partial charge in [0.2, 0.25) is 0 Å². The first-order valence-electron chi connectivity index (χ1n) is 6.25. The standard InChI is InChI=1S/C14H17BrClF/c15-14-11(6-3-7-13(14)17)8-9-12(16)10-4-1-2-5-10/h3,6-7,10,12H,1-2,4-5,8-9H2. The normalized spacial score (nSPS) is 18.5. The van der Waals surface area contributed by atoms with E-state index >= 15 is 0 Å². The minimum Gasteiger partial charge on any atom is -0.206 e. The third-order valence-corrected chi connectivity index (χ3v) is 5.09. The van der Waals surface area contributed by atoms with Gasteiger partial charge in [-0.05, 0) is 59.2 Å². The molecule has 94 valence electrons. The first-order valence-corrected chi connectivity index (χ1v) is 7.48. The summed E-state index contributed by atoms with van der Waals surface area (Å²) < 4.78 is 13.9. The molecule has 1 fully saturated rings. The number of aryl methyl sites for hydroxylation is 1. The van der Waals surface area contributed by atoms with Gasteiger partial charge in [0.05, 0.1) is 4.47 Å². The summed E-state index contributed by atoms with van der Waals surface area (Å²) in [6, 6.07) is 5.20. The largest absolute Gasteiger partial charge is 0.206 e. The monoisotopic (exact) mass is 318 g/mol. The van der Waals surface area contributed by atoms with Gasteiger partial charge in [-0.25, -0.2) is 4.39 Å². The maximum Gasteiger partial charge on any atom is 0.137 e. The molecule has 1 unspecified atom stereocenters. The van der Waals surface area contributed by atoms with Crippen LogP contribution in [0.3, 0.4) is 0 Å². The Morgan fingerprint density at radius 2 is 2.06 bits per heavy atom. The molecule has 1 aliphatic rings. The predicted molar refractivity (Wildman–Crippen MR) is 74.0 cm³/mol. The predicted octanol–water partition coefficient (Wildman–Crippen LogP) is 5.32. The van der Waals surface area contributed by atoms with Gasteiger partial charge < -0.3 is 0 Å². The highest BCUT2D eigenvalue weighted by atomic mass is 79.9. The summed E-state index contributed by atoms with van der Waals surface area (Å²) in [5, 5.41) is 0.243. The molecule has 17 heavy (non-hydrogen) atoms. The van der Waals surface area contributed by atoms with E-state index in [0.717, 1.165) is 18.4 Å². The van der Waals surface area contributed by atoms with E-state index in [1.54, 1.807) is 6.07 Å². The number of alkyl halides is 1. The van der Waals surface area contributed by atoms with Crippen LogP contribution in [-0.2, 0) is 6.42 Å². The van der Waals surface area contributed by atoms with Gasteiger partial charge in [0.15, 0.2) is 0 Å². The quantitative estimate of drug-likeness (QED) is 0.659. The van der Waals surface area contributed by atoms with Crippen LogP contribution in [0.4, 0.5) is 4.39 Å². The maximum absolute atomic E-state index is 13.3. The van der Waals surface area contributed by atoms with E-state index in [-0.39, 0.29) is 11.2 Å². The van der Waals surface area contributed by atoms with Crippen molar-refractivity contribution in [2.45, 2.75) is 43.9 Å². The Bertz CT molecular complexity index is 374. The second-order valence-electron chi connectivity index (χ2n) is 4.81. The Balaban J connectivity index is 1.90. The third kappa shape index (κ3) is 3.45. The minimum atomic E-state index is -0.186. The van der Waals surface area contributed by atoms with Crippen molar-refractivity contribution >= 4 is 27.5 Å². The van der Waals surface area contributed by atoms with Crippen LogP contribution in [0.1, 0.15) is 37.7 Å². The molecule has 0 nitrogen and oxygen atoms in total. The minimum absolute atomic E-state index is 0.186. The molecule has 1 aromatic rings. The zero-order chi connectivity index (χ0) is 12.3. The van der Waals surface area contributed by atoms with E-state index in [1.807, 2.05) is 6.07 Å². The number of hydrogen-bond acceptors (Lipinski definition) is 0. The van der Waals surface area contributed by atoms with E-state index in [0.29, 0.717) is 10.4 Å². The van der Waals surface area contributed by atoms with Crippen LogP contribution in [-0.4, -0.2) is 5.38 Å². The van der Waals surface area contributed by atoms with Gasteiger partial charge in [-0.1, -0.05) is 25.0 Å². The molecule has 1 aliphatic carbocycles. The summed E-state index contributed by atoms with van der Waals surface area (Å²) in [5.74, 6) is 0.485. The highest BCUT2D eigenvalue weighted by molar-refractivity contribution is 9.10. The Morgan fingerprint density at radius 3 is 2.76 bits per heavy atom. The molecule has 0 amide bonds. The van der Waals surface area contributed by atoms with Crippen molar-refractivity contribution in [1.29, 1.82) is 0 Å². The van der Waals surface area contributed by atoms with Gasteiger partial charge in [0.1, 0.15) is 5.82 Å². The van der Waals surface area contributed by atoms with Crippen LogP contribution in [0.2, 0.25) is 0 Å². The van der Waals surface area contributed by atoms with Gasteiger partial charge in [0, 0.05) is 5.38 Å². The molecule has 0 aliphatic heterocycles. The molecule has 0 saturated heterocycles. The molecule has 0 aromatic heterocycles. The van der Waals surface area contributed by atoms with Crippen LogP contribution >= 0.6 is 27.5 Å². The molecule has 0 bridgehead atoms. The molecular weight excluding hydrogens is 303 g/mol. The first-order chi connectivity index (χ1) is 8.18. The van der Waals surface area contributed by atoms with Gasteiger partial charge in [-0.3, -0.25) is 0 Å². The molecule has 0 spiro atoms. The Labute approximate surface area is 116 Å². The molecule has 3 heteroatoms. The van der Waals surface area contributed by atoms with Gasteiger partial charge in [-0.2, -0.15) is 0 Å². The van der Waals surface area contributed by atoms with E-state index < -0.39 is 0 Å². The Kier molecular flexibility index (Phi) is 4.87. The maximum atomic E-state index is 13.3. The van der Waals surface area contributed by atoms with E-state index in [9.17, 15) is 4.39 Å². The molecule has 1 atom stereocenters. The average molecular weight is 320 g/mol. The van der Waals surface area contributed by atoms with Crippen LogP contribution in [0.5, 0.6) is 0 Å². The summed E-state index contributed by atoms with van der Waals surface area (Å²) in [5.41, 5.74) is 1.02.